The van der Waals surface area contributed by atoms with E-state index in [1.165, 1.54) is 16.7 Å². The van der Waals surface area contributed by atoms with Gasteiger partial charge in [-0.05, 0) is 43.5 Å². The summed E-state index contributed by atoms with van der Waals surface area (Å²) in [6, 6.07) is 8.35. The normalized spacial score (nSPS) is 12.5. The highest BCUT2D eigenvalue weighted by Crippen LogP contribution is 2.23. The minimum atomic E-state index is -0.0951. The molecule has 0 amide bonds. The van der Waals surface area contributed by atoms with Gasteiger partial charge in [-0.25, -0.2) is 0 Å². The van der Waals surface area contributed by atoms with Crippen molar-refractivity contribution in [1.82, 2.24) is 4.98 Å². The Morgan fingerprint density at radius 3 is 2.29 bits per heavy atom. The van der Waals surface area contributed by atoms with Crippen molar-refractivity contribution in [3.63, 3.8) is 0 Å². The lowest BCUT2D eigenvalue weighted by molar-refractivity contribution is 0.849. The Labute approximate surface area is 103 Å². The Bertz CT molecular complexity index is 512. The van der Waals surface area contributed by atoms with E-state index in [9.17, 15) is 0 Å². The van der Waals surface area contributed by atoms with Crippen LogP contribution >= 0.6 is 0 Å². The summed E-state index contributed by atoms with van der Waals surface area (Å²) < 4.78 is 0. The van der Waals surface area contributed by atoms with Gasteiger partial charge in [0.05, 0.1) is 6.04 Å². The van der Waals surface area contributed by atoms with E-state index < -0.39 is 0 Å². The monoisotopic (exact) mass is 226 g/mol. The first-order valence-electron chi connectivity index (χ1n) is 5.82. The van der Waals surface area contributed by atoms with Crippen molar-refractivity contribution in [2.45, 2.75) is 26.8 Å². The molecule has 0 bridgehead atoms. The molecule has 1 heterocycles. The third-order valence-corrected chi connectivity index (χ3v) is 3.02. The van der Waals surface area contributed by atoms with Gasteiger partial charge in [0, 0.05) is 12.4 Å². The topological polar surface area (TPSA) is 38.9 Å². The molecular weight excluding hydrogens is 208 g/mol. The molecule has 2 rings (SSSR count). The maximum atomic E-state index is 6.31. The minimum absolute atomic E-state index is 0.0951. The summed E-state index contributed by atoms with van der Waals surface area (Å²) in [6.07, 6.45) is 3.66. The number of rotatable bonds is 2. The third-order valence-electron chi connectivity index (χ3n) is 3.02. The summed E-state index contributed by atoms with van der Waals surface area (Å²) in [7, 11) is 0. The van der Waals surface area contributed by atoms with Crippen molar-refractivity contribution in [2.24, 2.45) is 5.73 Å². The third kappa shape index (κ3) is 2.53. The highest BCUT2D eigenvalue weighted by molar-refractivity contribution is 5.38. The van der Waals surface area contributed by atoms with Crippen LogP contribution in [-0.2, 0) is 0 Å². The van der Waals surface area contributed by atoms with Gasteiger partial charge >= 0.3 is 0 Å². The molecule has 2 heteroatoms. The van der Waals surface area contributed by atoms with Gasteiger partial charge in [0.2, 0.25) is 0 Å². The van der Waals surface area contributed by atoms with E-state index in [2.05, 4.69) is 44.0 Å². The van der Waals surface area contributed by atoms with Crippen LogP contribution in [0.15, 0.2) is 36.7 Å². The largest absolute Gasteiger partial charge is 0.320 e. The van der Waals surface area contributed by atoms with Crippen molar-refractivity contribution in [2.75, 3.05) is 0 Å². The van der Waals surface area contributed by atoms with Crippen molar-refractivity contribution in [3.05, 3.63) is 64.5 Å². The van der Waals surface area contributed by atoms with E-state index in [1.807, 2.05) is 12.3 Å². The van der Waals surface area contributed by atoms with Gasteiger partial charge in [0.15, 0.2) is 0 Å². The minimum Gasteiger partial charge on any atom is -0.320 e. The Hall–Kier alpha value is -1.67. The highest BCUT2D eigenvalue weighted by Gasteiger charge is 2.11. The fraction of sp³-hybridized carbons (Fsp3) is 0.267. The summed E-state index contributed by atoms with van der Waals surface area (Å²) >= 11 is 0. The standard InChI is InChI=1S/C15H18N2/c1-10-6-11(2)8-13(7-10)15(16)14-9-17-5-4-12(14)3/h4-9,15H,16H2,1-3H3. The number of hydrogen-bond acceptors (Lipinski definition) is 2. The van der Waals surface area contributed by atoms with Crippen molar-refractivity contribution in [3.8, 4) is 0 Å². The van der Waals surface area contributed by atoms with Gasteiger partial charge in [-0.3, -0.25) is 4.98 Å². The molecule has 0 spiro atoms. The van der Waals surface area contributed by atoms with Crippen molar-refractivity contribution >= 4 is 0 Å². The van der Waals surface area contributed by atoms with Crippen LogP contribution in [0.25, 0.3) is 0 Å². The molecular formula is C15H18N2. The SMILES string of the molecule is Cc1cc(C)cc(C(N)c2cnccc2C)c1. The number of benzene rings is 1. The van der Waals surface area contributed by atoms with E-state index in [0.29, 0.717) is 0 Å². The average Bonchev–Trinajstić information content (AvgIpc) is 2.27. The summed E-state index contributed by atoms with van der Waals surface area (Å²) in [5, 5.41) is 0. The first-order valence-corrected chi connectivity index (χ1v) is 5.82. The molecule has 0 saturated heterocycles. The van der Waals surface area contributed by atoms with Crippen LogP contribution in [0.5, 0.6) is 0 Å². The quantitative estimate of drug-likeness (QED) is 0.854. The molecule has 2 aromatic rings. The van der Waals surface area contributed by atoms with E-state index in [-0.39, 0.29) is 6.04 Å². The number of aryl methyl sites for hydroxylation is 3. The molecule has 0 fully saturated rings. The Morgan fingerprint density at radius 1 is 1.06 bits per heavy atom. The van der Waals surface area contributed by atoms with Crippen LogP contribution in [0, 0.1) is 20.8 Å². The molecule has 0 aliphatic heterocycles. The van der Waals surface area contributed by atoms with Crippen LogP contribution in [0.3, 0.4) is 0 Å². The highest BCUT2D eigenvalue weighted by atomic mass is 14.7. The predicted octanol–water partition coefficient (Wildman–Crippen LogP) is 3.05. The maximum absolute atomic E-state index is 6.31. The lowest BCUT2D eigenvalue weighted by Crippen LogP contribution is -2.14. The first kappa shape index (κ1) is 11.8. The van der Waals surface area contributed by atoms with Gasteiger partial charge in [0.1, 0.15) is 0 Å². The molecule has 0 saturated carbocycles. The van der Waals surface area contributed by atoms with Crippen LogP contribution in [0.4, 0.5) is 0 Å². The zero-order chi connectivity index (χ0) is 12.4. The maximum Gasteiger partial charge on any atom is 0.0569 e. The molecule has 2 nitrogen and oxygen atoms in total. The lowest BCUT2D eigenvalue weighted by Gasteiger charge is -2.16. The molecule has 0 radical (unpaired) electrons. The Morgan fingerprint density at radius 2 is 1.71 bits per heavy atom. The van der Waals surface area contributed by atoms with Gasteiger partial charge in [-0.15, -0.1) is 0 Å². The van der Waals surface area contributed by atoms with Crippen LogP contribution in [0.1, 0.15) is 33.9 Å². The summed E-state index contributed by atoms with van der Waals surface area (Å²) in [5.41, 5.74) is 12.2. The first-order chi connectivity index (χ1) is 8.08. The van der Waals surface area contributed by atoms with Gasteiger partial charge in [-0.1, -0.05) is 29.3 Å². The predicted molar refractivity (Wildman–Crippen MR) is 70.9 cm³/mol. The Balaban J connectivity index is 2.43. The molecule has 0 aliphatic carbocycles. The summed E-state index contributed by atoms with van der Waals surface area (Å²) in [5.74, 6) is 0. The second kappa shape index (κ2) is 4.68. The molecule has 1 unspecified atom stereocenters. The number of aromatic nitrogens is 1. The van der Waals surface area contributed by atoms with Crippen LogP contribution in [0.2, 0.25) is 0 Å². The van der Waals surface area contributed by atoms with E-state index in [1.54, 1.807) is 6.20 Å². The summed E-state index contributed by atoms with van der Waals surface area (Å²) in [4.78, 5) is 4.16. The van der Waals surface area contributed by atoms with Gasteiger partial charge < -0.3 is 5.73 Å². The second-order valence-corrected chi connectivity index (χ2v) is 4.63. The second-order valence-electron chi connectivity index (χ2n) is 4.63. The molecule has 1 aromatic heterocycles. The zero-order valence-corrected chi connectivity index (χ0v) is 10.6. The van der Waals surface area contributed by atoms with Gasteiger partial charge in [0.25, 0.3) is 0 Å². The van der Waals surface area contributed by atoms with E-state index >= 15 is 0 Å². The fourth-order valence-corrected chi connectivity index (χ4v) is 2.17. The van der Waals surface area contributed by atoms with E-state index in [0.717, 1.165) is 11.1 Å². The number of hydrogen-bond donors (Lipinski definition) is 1. The smallest absolute Gasteiger partial charge is 0.0569 e. The van der Waals surface area contributed by atoms with Gasteiger partial charge in [-0.2, -0.15) is 0 Å². The van der Waals surface area contributed by atoms with Crippen LogP contribution < -0.4 is 5.73 Å². The lowest BCUT2D eigenvalue weighted by atomic mass is 9.95. The number of pyridine rings is 1. The average molecular weight is 226 g/mol. The fourth-order valence-electron chi connectivity index (χ4n) is 2.17. The molecule has 88 valence electrons. The Kier molecular flexibility index (Phi) is 3.25. The molecule has 0 aliphatic rings. The molecule has 17 heavy (non-hydrogen) atoms. The van der Waals surface area contributed by atoms with Crippen molar-refractivity contribution in [1.29, 1.82) is 0 Å². The molecule has 1 aromatic carbocycles. The van der Waals surface area contributed by atoms with Crippen LogP contribution in [-0.4, -0.2) is 4.98 Å². The van der Waals surface area contributed by atoms with Crippen molar-refractivity contribution < 1.29 is 0 Å². The molecule has 2 N–H and O–H groups in total. The zero-order valence-electron chi connectivity index (χ0n) is 10.6. The van der Waals surface area contributed by atoms with E-state index in [4.69, 9.17) is 5.73 Å². The number of nitrogens with two attached hydrogens (primary N) is 1. The summed E-state index contributed by atoms with van der Waals surface area (Å²) in [6.45, 7) is 6.26. The number of nitrogens with zero attached hydrogens (tertiary/aromatic N) is 1. The molecule has 1 atom stereocenters.